The average molecular weight is 155 g/mol. The van der Waals surface area contributed by atoms with Crippen molar-refractivity contribution >= 4 is 23.2 Å². The van der Waals surface area contributed by atoms with Crippen molar-refractivity contribution in [3.63, 3.8) is 0 Å². The molecular weight excluding hydrogens is 147 g/mol. The van der Waals surface area contributed by atoms with Gasteiger partial charge >= 0.3 is 0 Å². The molecule has 0 aromatic heterocycles. The van der Waals surface area contributed by atoms with Crippen LogP contribution in [0.1, 0.15) is 0 Å². The topological polar surface area (TPSA) is 9.23 Å². The molecule has 0 radical (unpaired) electrons. The van der Waals surface area contributed by atoms with Crippen LogP contribution in [0.15, 0.2) is 25.7 Å². The molecule has 0 N–H and O–H groups in total. The minimum Gasteiger partial charge on any atom is -0.474 e. The Morgan fingerprint density at radius 1 is 1.25 bits per heavy atom. The molecule has 0 aromatic rings. The highest BCUT2D eigenvalue weighted by Gasteiger charge is 1.45. The average Bonchev–Trinajstić information content (AvgIpc) is 1.71. The zero-order chi connectivity index (χ0) is 6.83. The van der Waals surface area contributed by atoms with Gasteiger partial charge in [-0.1, -0.05) is 13.2 Å². The predicted octanol–water partition coefficient (Wildman–Crippen LogP) is 2.71. The molecule has 0 aliphatic carbocycles. The Balaban J connectivity index is 0. The van der Waals surface area contributed by atoms with Gasteiger partial charge in [-0.15, -0.1) is 23.2 Å². The predicted molar refractivity (Wildman–Crippen MR) is 38.1 cm³/mol. The third kappa shape index (κ3) is 40.0. The van der Waals surface area contributed by atoms with Crippen LogP contribution in [0, 0.1) is 0 Å². The first-order valence-electron chi connectivity index (χ1n) is 1.82. The maximum atomic E-state index is 4.76. The lowest BCUT2D eigenvalue weighted by atomic mass is 11.1. The maximum absolute atomic E-state index is 4.76. The van der Waals surface area contributed by atoms with Gasteiger partial charge < -0.3 is 4.74 Å². The molecule has 0 aromatic carbocycles. The molecule has 0 bridgehead atoms. The highest BCUT2D eigenvalue weighted by atomic mass is 35.5. The van der Waals surface area contributed by atoms with Crippen LogP contribution in [0.3, 0.4) is 0 Å². The molecule has 0 rings (SSSR count). The van der Waals surface area contributed by atoms with Gasteiger partial charge in [0.1, 0.15) is 0 Å². The Morgan fingerprint density at radius 2 is 1.50 bits per heavy atom. The number of hydrogen-bond donors (Lipinski definition) is 0. The molecule has 48 valence electrons. The van der Waals surface area contributed by atoms with Crippen LogP contribution in [0.5, 0.6) is 0 Å². The highest BCUT2D eigenvalue weighted by molar-refractivity contribution is 6.40. The van der Waals surface area contributed by atoms with E-state index in [4.69, 9.17) is 23.2 Å². The Kier molecular flexibility index (Phi) is 21.3. The Morgan fingerprint density at radius 3 is 1.50 bits per heavy atom. The molecule has 0 fully saturated rings. The number of hydrogen-bond acceptors (Lipinski definition) is 1. The van der Waals surface area contributed by atoms with E-state index in [0.717, 1.165) is 0 Å². The van der Waals surface area contributed by atoms with Gasteiger partial charge in [0, 0.05) is 0 Å². The summed E-state index contributed by atoms with van der Waals surface area (Å²) in [6, 6.07) is 0. The molecule has 0 saturated heterocycles. The van der Waals surface area contributed by atoms with E-state index in [1.54, 1.807) is 0 Å². The fraction of sp³-hybridized carbons (Fsp3) is 0.200. The van der Waals surface area contributed by atoms with Crippen molar-refractivity contribution in [3.8, 4) is 0 Å². The second-order valence-electron chi connectivity index (χ2n) is 0.570. The van der Waals surface area contributed by atoms with E-state index in [1.807, 2.05) is 0 Å². The summed E-state index contributed by atoms with van der Waals surface area (Å²) in [5.41, 5.74) is 0. The Bertz CT molecular complexity index is 48.4. The van der Waals surface area contributed by atoms with Crippen LogP contribution in [0.25, 0.3) is 0 Å². The van der Waals surface area contributed by atoms with Gasteiger partial charge in [-0.05, 0) is 0 Å². The van der Waals surface area contributed by atoms with Crippen LogP contribution in [-0.2, 0) is 4.74 Å². The van der Waals surface area contributed by atoms with E-state index in [1.165, 1.54) is 12.5 Å². The first kappa shape index (κ1) is 10.8. The summed E-state index contributed by atoms with van der Waals surface area (Å²) in [6.45, 7) is 6.51. The zero-order valence-corrected chi connectivity index (χ0v) is 5.95. The van der Waals surface area contributed by atoms with Gasteiger partial charge in [0.2, 0.25) is 0 Å². The van der Waals surface area contributed by atoms with Gasteiger partial charge in [0.15, 0.2) is 0 Å². The van der Waals surface area contributed by atoms with Crippen LogP contribution in [0.2, 0.25) is 0 Å². The standard InChI is InChI=1S/C4H6O.CH2Cl2/c1-3-5-4-2;2-1-3/h3-4H,1-2H2;1H2. The fourth-order valence-corrected chi connectivity index (χ4v) is 0.0680. The largest absolute Gasteiger partial charge is 0.474 e. The third-order valence-corrected chi connectivity index (χ3v) is 0.192. The van der Waals surface area contributed by atoms with E-state index >= 15 is 0 Å². The molecule has 0 saturated carbocycles. The second kappa shape index (κ2) is 15.8. The quantitative estimate of drug-likeness (QED) is 0.440. The lowest BCUT2D eigenvalue weighted by Gasteiger charge is -1.76. The summed E-state index contributed by atoms with van der Waals surface area (Å²) in [6.07, 6.45) is 2.62. The van der Waals surface area contributed by atoms with Crippen molar-refractivity contribution in [2.75, 3.05) is 5.34 Å². The normalized spacial score (nSPS) is 5.75. The lowest BCUT2D eigenvalue weighted by molar-refractivity contribution is 0.406. The summed E-state index contributed by atoms with van der Waals surface area (Å²) in [4.78, 5) is 0. The van der Waals surface area contributed by atoms with Crippen molar-refractivity contribution in [1.29, 1.82) is 0 Å². The summed E-state index contributed by atoms with van der Waals surface area (Å²) < 4.78 is 4.36. The van der Waals surface area contributed by atoms with Gasteiger partial charge in [-0.25, -0.2) is 0 Å². The summed E-state index contributed by atoms with van der Waals surface area (Å²) in [5, 5.41) is 0.194. The van der Waals surface area contributed by atoms with Gasteiger partial charge in [0.25, 0.3) is 0 Å². The van der Waals surface area contributed by atoms with E-state index < -0.39 is 0 Å². The van der Waals surface area contributed by atoms with Crippen LogP contribution < -0.4 is 0 Å². The fourth-order valence-electron chi connectivity index (χ4n) is 0.0680. The van der Waals surface area contributed by atoms with Crippen molar-refractivity contribution < 1.29 is 4.74 Å². The van der Waals surface area contributed by atoms with E-state index in [-0.39, 0.29) is 5.34 Å². The van der Waals surface area contributed by atoms with Gasteiger partial charge in [0.05, 0.1) is 17.9 Å². The first-order valence-corrected chi connectivity index (χ1v) is 2.89. The van der Waals surface area contributed by atoms with Gasteiger partial charge in [-0.3, -0.25) is 0 Å². The number of halogens is 2. The zero-order valence-electron chi connectivity index (χ0n) is 4.44. The molecule has 0 aliphatic rings. The SMILES string of the molecule is C=COC=C.ClCCl. The molecular formula is C5H8Cl2O. The van der Waals surface area contributed by atoms with Crippen LogP contribution in [-0.4, -0.2) is 5.34 Å². The third-order valence-electron chi connectivity index (χ3n) is 0.192. The molecule has 0 atom stereocenters. The molecule has 0 amide bonds. The number of ether oxygens (including phenoxy) is 1. The summed E-state index contributed by atoms with van der Waals surface area (Å²) >= 11 is 9.53. The minimum absolute atomic E-state index is 0.194. The van der Waals surface area contributed by atoms with E-state index in [9.17, 15) is 0 Å². The number of alkyl halides is 2. The Hall–Kier alpha value is -0.140. The molecule has 0 aliphatic heterocycles. The summed E-state index contributed by atoms with van der Waals surface area (Å²) in [5.74, 6) is 0. The van der Waals surface area contributed by atoms with E-state index in [0.29, 0.717) is 0 Å². The maximum Gasteiger partial charge on any atom is 0.0967 e. The lowest BCUT2D eigenvalue weighted by Crippen LogP contribution is -1.52. The molecule has 0 heterocycles. The van der Waals surface area contributed by atoms with Gasteiger partial charge in [-0.2, -0.15) is 0 Å². The Labute approximate surface area is 59.5 Å². The first-order chi connectivity index (χ1) is 3.83. The van der Waals surface area contributed by atoms with Crippen LogP contribution >= 0.6 is 23.2 Å². The molecule has 3 heteroatoms. The monoisotopic (exact) mass is 154 g/mol. The molecule has 1 nitrogen and oxygen atoms in total. The van der Waals surface area contributed by atoms with Crippen molar-refractivity contribution in [1.82, 2.24) is 0 Å². The minimum atomic E-state index is 0.194. The van der Waals surface area contributed by atoms with Crippen molar-refractivity contribution in [2.45, 2.75) is 0 Å². The smallest absolute Gasteiger partial charge is 0.0967 e. The van der Waals surface area contributed by atoms with Crippen LogP contribution in [0.4, 0.5) is 0 Å². The van der Waals surface area contributed by atoms with Crippen molar-refractivity contribution in [2.24, 2.45) is 0 Å². The van der Waals surface area contributed by atoms with Crippen molar-refractivity contribution in [3.05, 3.63) is 25.7 Å². The molecule has 8 heavy (non-hydrogen) atoms. The second-order valence-corrected chi connectivity index (χ2v) is 1.38. The molecule has 0 spiro atoms. The molecule has 0 unspecified atom stereocenters. The highest BCUT2D eigenvalue weighted by Crippen LogP contribution is 1.73. The summed E-state index contributed by atoms with van der Waals surface area (Å²) in [7, 11) is 0. The van der Waals surface area contributed by atoms with E-state index in [2.05, 4.69) is 17.9 Å². The number of rotatable bonds is 2.